The van der Waals surface area contributed by atoms with E-state index < -0.39 is 19.8 Å². The molecule has 0 aliphatic carbocycles. The number of carbonyl (C=O) groups excluding carboxylic acids is 1. The van der Waals surface area contributed by atoms with Gasteiger partial charge in [0.05, 0.1) is 29.3 Å². The van der Waals surface area contributed by atoms with E-state index in [4.69, 9.17) is 9.41 Å². The molecule has 7 aromatic carbocycles. The highest BCUT2D eigenvalue weighted by Crippen LogP contribution is 2.46. The van der Waals surface area contributed by atoms with E-state index in [9.17, 15) is 0 Å². The minimum atomic E-state index is -2.90. The summed E-state index contributed by atoms with van der Waals surface area (Å²) in [4.78, 5) is 22.3. The topological polar surface area (TPSA) is 47.4 Å². The van der Waals surface area contributed by atoms with Gasteiger partial charge in [-0.2, -0.15) is 0 Å². The first kappa shape index (κ1) is 39.0. The Morgan fingerprint density at radius 3 is 1.68 bits per heavy atom. The molecule has 2 heterocycles. The van der Waals surface area contributed by atoms with Crippen molar-refractivity contribution in [1.29, 1.82) is 0 Å². The highest BCUT2D eigenvalue weighted by Gasteiger charge is 2.52. The summed E-state index contributed by atoms with van der Waals surface area (Å²) in [6, 6.07) is 65.8. The largest absolute Gasteiger partial charge is 0.534 e. The predicted octanol–water partition coefficient (Wildman–Crippen LogP) is 10.7. The molecule has 1 atom stereocenters. The molecule has 0 saturated carbocycles. The molecule has 9 rings (SSSR count). The van der Waals surface area contributed by atoms with Crippen molar-refractivity contribution in [1.82, 2.24) is 9.55 Å². The van der Waals surface area contributed by atoms with Crippen LogP contribution in [0.15, 0.2) is 194 Å². The Morgan fingerprint density at radius 2 is 1.18 bits per heavy atom. The lowest BCUT2D eigenvalue weighted by atomic mass is 9.76. The fourth-order valence-corrected chi connectivity index (χ4v) is 14.1. The van der Waals surface area contributed by atoms with Gasteiger partial charge in [0.25, 0.3) is 0 Å². The zero-order valence-electron chi connectivity index (χ0n) is 34.5. The molecule has 1 fully saturated rings. The van der Waals surface area contributed by atoms with E-state index >= 15 is 4.79 Å². The van der Waals surface area contributed by atoms with E-state index in [1.54, 1.807) is 0 Å². The van der Waals surface area contributed by atoms with Crippen molar-refractivity contribution in [2.75, 3.05) is 11.4 Å². The van der Waals surface area contributed by atoms with Crippen molar-refractivity contribution in [2.24, 2.45) is 0 Å². The molecule has 1 amide bonds. The van der Waals surface area contributed by atoms with E-state index in [1.807, 2.05) is 29.4 Å². The molecule has 0 spiro atoms. The molecular formula is C54H50N3O2Si. The monoisotopic (exact) mass is 800 g/mol. The summed E-state index contributed by atoms with van der Waals surface area (Å²) < 4.78 is 9.77. The first-order valence-electron chi connectivity index (χ1n) is 20.9. The van der Waals surface area contributed by atoms with E-state index in [0.29, 0.717) is 19.4 Å². The summed E-state index contributed by atoms with van der Waals surface area (Å²) in [6.45, 7) is 11.8. The number of imidazole rings is 1. The van der Waals surface area contributed by atoms with E-state index in [2.05, 4.69) is 202 Å². The summed E-state index contributed by atoms with van der Waals surface area (Å²) in [5, 5.41) is 4.26. The zero-order chi connectivity index (χ0) is 41.3. The first-order chi connectivity index (χ1) is 29.3. The van der Waals surface area contributed by atoms with E-state index in [0.717, 1.165) is 50.3 Å². The fourth-order valence-electron chi connectivity index (χ4n) is 9.71. The van der Waals surface area contributed by atoms with Gasteiger partial charge in [-0.25, -0.2) is 4.98 Å². The average molecular weight is 801 g/mol. The van der Waals surface area contributed by atoms with Gasteiger partial charge in [0, 0.05) is 11.9 Å². The van der Waals surface area contributed by atoms with Gasteiger partial charge in [-0.15, -0.1) is 0 Å². The van der Waals surface area contributed by atoms with Crippen LogP contribution in [-0.4, -0.2) is 30.3 Å². The van der Waals surface area contributed by atoms with Gasteiger partial charge >= 0.3 is 8.32 Å². The lowest BCUT2D eigenvalue weighted by molar-refractivity contribution is -0.118. The summed E-state index contributed by atoms with van der Waals surface area (Å²) in [7, 11) is -2.90. The SMILES string of the molecule is [CH2]Cc1ncn(C(c2ccccc2)(c2ccccc2)c2ccccc2)c1C1CCN(c2cccc3ccc(O[Si](c4ccccc4)(c4ccccc4)C(C)(C)C)cc23)C1=O. The second-order valence-electron chi connectivity index (χ2n) is 16.8. The van der Waals surface area contributed by atoms with Gasteiger partial charge in [-0.3, -0.25) is 4.79 Å². The highest BCUT2D eigenvalue weighted by molar-refractivity contribution is 7.00. The van der Waals surface area contributed by atoms with Crippen LogP contribution in [0.3, 0.4) is 0 Å². The molecule has 5 nitrogen and oxygen atoms in total. The van der Waals surface area contributed by atoms with Crippen LogP contribution in [0.5, 0.6) is 5.75 Å². The van der Waals surface area contributed by atoms with Gasteiger partial charge in [0.1, 0.15) is 11.3 Å². The van der Waals surface area contributed by atoms with E-state index in [-0.39, 0.29) is 10.9 Å². The van der Waals surface area contributed by atoms with Gasteiger partial charge in [0.15, 0.2) is 0 Å². The number of carbonyl (C=O) groups is 1. The maximum Gasteiger partial charge on any atom is 0.319 e. The van der Waals surface area contributed by atoms with Crippen LogP contribution in [0.25, 0.3) is 10.8 Å². The highest BCUT2D eigenvalue weighted by atomic mass is 28.4. The fraction of sp³-hybridized carbons (Fsp3) is 0.167. The lowest BCUT2D eigenvalue weighted by Crippen LogP contribution is -2.68. The van der Waals surface area contributed by atoms with Gasteiger partial charge < -0.3 is 13.9 Å². The standard InChI is InChI=1S/C54H50N3O2Si/c1-5-49-51(57(39-55-49)54(41-23-11-6-12-24-41,42-25-13-7-14-26-42)43-27-15-8-16-28-43)47-36-37-56(52(47)58)50-33-21-22-40-34-35-44(38-48(40)50)59-60(53(2,3)4,45-29-17-9-18-30-45)46-31-19-10-20-32-46/h6-35,38-39,47H,1,5,36-37H2,2-4H3. The summed E-state index contributed by atoms with van der Waals surface area (Å²) in [6.07, 6.45) is 3.03. The molecule has 1 radical (unpaired) electrons. The number of anilines is 1. The van der Waals surface area contributed by atoms with Crippen molar-refractivity contribution in [2.45, 2.75) is 50.1 Å². The van der Waals surface area contributed by atoms with Crippen LogP contribution in [-0.2, 0) is 16.8 Å². The number of aromatic nitrogens is 2. The summed E-state index contributed by atoms with van der Waals surface area (Å²) >= 11 is 0. The Bertz CT molecular complexity index is 2590. The van der Waals surface area contributed by atoms with Crippen LogP contribution in [0.4, 0.5) is 5.69 Å². The van der Waals surface area contributed by atoms with Crippen molar-refractivity contribution in [3.05, 3.63) is 229 Å². The molecule has 1 aliphatic heterocycles. The van der Waals surface area contributed by atoms with Crippen LogP contribution in [0, 0.1) is 6.92 Å². The number of rotatable bonds is 11. The molecule has 8 aromatic rings. The first-order valence-corrected chi connectivity index (χ1v) is 22.8. The van der Waals surface area contributed by atoms with Crippen LogP contribution in [0.2, 0.25) is 5.04 Å². The lowest BCUT2D eigenvalue weighted by Gasteiger charge is -2.43. The Hall–Kier alpha value is -6.50. The van der Waals surface area contributed by atoms with Crippen molar-refractivity contribution < 1.29 is 9.22 Å². The molecule has 6 heteroatoms. The Kier molecular flexibility index (Phi) is 10.3. The third kappa shape index (κ3) is 6.47. The molecule has 60 heavy (non-hydrogen) atoms. The third-order valence-electron chi connectivity index (χ3n) is 12.4. The van der Waals surface area contributed by atoms with Crippen LogP contribution in [0.1, 0.15) is 61.2 Å². The average Bonchev–Trinajstić information content (AvgIpc) is 3.89. The molecule has 1 aromatic heterocycles. The van der Waals surface area contributed by atoms with Crippen molar-refractivity contribution in [3.8, 4) is 5.75 Å². The Morgan fingerprint density at radius 1 is 0.667 bits per heavy atom. The van der Waals surface area contributed by atoms with Gasteiger partial charge in [0.2, 0.25) is 5.91 Å². The minimum Gasteiger partial charge on any atom is -0.534 e. The van der Waals surface area contributed by atoms with Crippen molar-refractivity contribution >= 4 is 41.1 Å². The third-order valence-corrected chi connectivity index (χ3v) is 17.3. The minimum absolute atomic E-state index is 0.0559. The zero-order valence-corrected chi connectivity index (χ0v) is 35.5. The molecular weight excluding hydrogens is 751 g/mol. The molecule has 1 aliphatic rings. The normalized spacial score (nSPS) is 14.8. The molecule has 1 saturated heterocycles. The Labute approximate surface area is 355 Å². The van der Waals surface area contributed by atoms with E-state index in [1.165, 1.54) is 10.4 Å². The smallest absolute Gasteiger partial charge is 0.319 e. The predicted molar refractivity (Wildman–Crippen MR) is 248 cm³/mol. The number of fused-ring (bicyclic) bond motifs is 1. The summed E-state index contributed by atoms with van der Waals surface area (Å²) in [5.41, 5.74) is 5.08. The Balaban J connectivity index is 1.16. The molecule has 0 N–H and O–H groups in total. The maximum absolute atomic E-state index is 15.3. The maximum atomic E-state index is 15.3. The van der Waals surface area contributed by atoms with Gasteiger partial charge in [-0.05, 0) is 75.5 Å². The van der Waals surface area contributed by atoms with Gasteiger partial charge in [-0.1, -0.05) is 191 Å². The number of hydrogen-bond acceptors (Lipinski definition) is 3. The van der Waals surface area contributed by atoms with Crippen LogP contribution >= 0.6 is 0 Å². The second-order valence-corrected chi connectivity index (χ2v) is 21.0. The number of benzene rings is 7. The quantitative estimate of drug-likeness (QED) is 0.0967. The van der Waals surface area contributed by atoms with Crippen LogP contribution < -0.4 is 19.7 Å². The van der Waals surface area contributed by atoms with Crippen molar-refractivity contribution in [3.63, 3.8) is 0 Å². The number of hydrogen-bond donors (Lipinski definition) is 0. The number of nitrogens with zero attached hydrogens (tertiary/aromatic N) is 3. The molecule has 297 valence electrons. The summed E-state index contributed by atoms with van der Waals surface area (Å²) in [5.74, 6) is 0.412. The molecule has 1 unspecified atom stereocenters. The second kappa shape index (κ2) is 15.9. The number of amides is 1. The molecule has 0 bridgehead atoms.